The van der Waals surface area contributed by atoms with Crippen LogP contribution in [0.5, 0.6) is 0 Å². The SMILES string of the molecule is CN(CCO)c1ccc(CCN)cc1. The monoisotopic (exact) mass is 194 g/mol. The van der Waals surface area contributed by atoms with Gasteiger partial charge >= 0.3 is 0 Å². The molecule has 0 saturated heterocycles. The maximum absolute atomic E-state index is 8.78. The Hall–Kier alpha value is -1.06. The van der Waals surface area contributed by atoms with E-state index in [2.05, 4.69) is 24.3 Å². The van der Waals surface area contributed by atoms with Crippen molar-refractivity contribution in [1.82, 2.24) is 0 Å². The largest absolute Gasteiger partial charge is 0.395 e. The number of nitrogens with two attached hydrogens (primary N) is 1. The van der Waals surface area contributed by atoms with Crippen molar-refractivity contribution in [3.05, 3.63) is 29.8 Å². The van der Waals surface area contributed by atoms with Gasteiger partial charge in [-0.05, 0) is 30.7 Å². The van der Waals surface area contributed by atoms with Crippen LogP contribution in [0.3, 0.4) is 0 Å². The number of hydrogen-bond donors (Lipinski definition) is 2. The molecule has 1 aromatic carbocycles. The van der Waals surface area contributed by atoms with Crippen LogP contribution < -0.4 is 10.6 Å². The van der Waals surface area contributed by atoms with Gasteiger partial charge in [0.1, 0.15) is 0 Å². The minimum Gasteiger partial charge on any atom is -0.395 e. The molecule has 0 radical (unpaired) electrons. The van der Waals surface area contributed by atoms with E-state index >= 15 is 0 Å². The summed E-state index contributed by atoms with van der Waals surface area (Å²) in [6, 6.07) is 8.27. The van der Waals surface area contributed by atoms with Crippen LogP contribution in [-0.2, 0) is 6.42 Å². The van der Waals surface area contributed by atoms with Crippen LogP contribution in [0.2, 0.25) is 0 Å². The first kappa shape index (κ1) is 11.0. The molecular formula is C11H18N2O. The van der Waals surface area contributed by atoms with Crippen LogP contribution in [0.1, 0.15) is 5.56 Å². The summed E-state index contributed by atoms with van der Waals surface area (Å²) in [5.74, 6) is 0. The molecule has 1 rings (SSSR count). The third-order valence-corrected chi connectivity index (χ3v) is 2.25. The first-order chi connectivity index (χ1) is 6.77. The lowest BCUT2D eigenvalue weighted by atomic mass is 10.1. The van der Waals surface area contributed by atoms with E-state index in [4.69, 9.17) is 10.8 Å². The fourth-order valence-electron chi connectivity index (χ4n) is 1.36. The number of aliphatic hydroxyl groups excluding tert-OH is 1. The Labute approximate surface area is 85.2 Å². The van der Waals surface area contributed by atoms with Crippen LogP contribution in [-0.4, -0.2) is 31.9 Å². The second kappa shape index (κ2) is 5.62. The first-order valence-electron chi connectivity index (χ1n) is 4.89. The van der Waals surface area contributed by atoms with Gasteiger partial charge in [0, 0.05) is 19.3 Å². The lowest BCUT2D eigenvalue weighted by molar-refractivity contribution is 0.304. The number of aliphatic hydroxyl groups is 1. The van der Waals surface area contributed by atoms with Crippen LogP contribution >= 0.6 is 0 Å². The van der Waals surface area contributed by atoms with Crippen molar-refractivity contribution < 1.29 is 5.11 Å². The van der Waals surface area contributed by atoms with Gasteiger partial charge in [0.25, 0.3) is 0 Å². The van der Waals surface area contributed by atoms with Gasteiger partial charge in [-0.3, -0.25) is 0 Å². The Morgan fingerprint density at radius 2 is 1.93 bits per heavy atom. The number of rotatable bonds is 5. The molecule has 0 aliphatic heterocycles. The number of anilines is 1. The fourth-order valence-corrected chi connectivity index (χ4v) is 1.36. The van der Waals surface area contributed by atoms with Crippen molar-refractivity contribution >= 4 is 5.69 Å². The molecule has 0 unspecified atom stereocenters. The molecule has 0 aliphatic rings. The van der Waals surface area contributed by atoms with E-state index in [0.717, 1.165) is 12.1 Å². The summed E-state index contributed by atoms with van der Waals surface area (Å²) < 4.78 is 0. The zero-order valence-electron chi connectivity index (χ0n) is 8.61. The number of nitrogens with zero attached hydrogens (tertiary/aromatic N) is 1. The van der Waals surface area contributed by atoms with E-state index in [0.29, 0.717) is 13.1 Å². The smallest absolute Gasteiger partial charge is 0.0606 e. The molecular weight excluding hydrogens is 176 g/mol. The number of hydrogen-bond acceptors (Lipinski definition) is 3. The molecule has 3 N–H and O–H groups in total. The maximum Gasteiger partial charge on any atom is 0.0606 e. The molecule has 0 amide bonds. The molecule has 0 saturated carbocycles. The topological polar surface area (TPSA) is 49.5 Å². The van der Waals surface area contributed by atoms with Gasteiger partial charge in [0.2, 0.25) is 0 Å². The van der Waals surface area contributed by atoms with Crippen molar-refractivity contribution in [1.29, 1.82) is 0 Å². The van der Waals surface area contributed by atoms with E-state index in [1.165, 1.54) is 5.56 Å². The van der Waals surface area contributed by atoms with Crippen LogP contribution in [0.25, 0.3) is 0 Å². The minimum atomic E-state index is 0.182. The van der Waals surface area contributed by atoms with Crippen molar-refractivity contribution in [2.45, 2.75) is 6.42 Å². The number of likely N-dealkylation sites (N-methyl/N-ethyl adjacent to an activating group) is 1. The molecule has 14 heavy (non-hydrogen) atoms. The van der Waals surface area contributed by atoms with Gasteiger partial charge in [0.15, 0.2) is 0 Å². The average molecular weight is 194 g/mol. The lowest BCUT2D eigenvalue weighted by Crippen LogP contribution is -2.20. The van der Waals surface area contributed by atoms with Crippen molar-refractivity contribution in [3.8, 4) is 0 Å². The summed E-state index contributed by atoms with van der Waals surface area (Å²) in [6.45, 7) is 1.53. The highest BCUT2D eigenvalue weighted by atomic mass is 16.3. The Morgan fingerprint density at radius 1 is 1.29 bits per heavy atom. The number of benzene rings is 1. The zero-order chi connectivity index (χ0) is 10.4. The fraction of sp³-hybridized carbons (Fsp3) is 0.455. The van der Waals surface area contributed by atoms with Crippen molar-refractivity contribution in [2.24, 2.45) is 5.73 Å². The minimum absolute atomic E-state index is 0.182. The Bertz CT molecular complexity index is 258. The third-order valence-electron chi connectivity index (χ3n) is 2.25. The summed E-state index contributed by atoms with van der Waals surface area (Å²) in [6.07, 6.45) is 0.921. The predicted molar refractivity (Wildman–Crippen MR) is 59.6 cm³/mol. The average Bonchev–Trinajstić information content (AvgIpc) is 2.20. The Kier molecular flexibility index (Phi) is 4.43. The predicted octanol–water partition coefficient (Wildman–Crippen LogP) is 0.616. The third kappa shape index (κ3) is 3.01. The van der Waals surface area contributed by atoms with Gasteiger partial charge in [-0.2, -0.15) is 0 Å². The highest BCUT2D eigenvalue weighted by Crippen LogP contribution is 2.13. The van der Waals surface area contributed by atoms with Gasteiger partial charge in [-0.25, -0.2) is 0 Å². The normalized spacial score (nSPS) is 10.2. The lowest BCUT2D eigenvalue weighted by Gasteiger charge is -2.17. The molecule has 78 valence electrons. The van der Waals surface area contributed by atoms with E-state index < -0.39 is 0 Å². The van der Waals surface area contributed by atoms with E-state index in [1.54, 1.807) is 0 Å². The van der Waals surface area contributed by atoms with E-state index in [9.17, 15) is 0 Å². The maximum atomic E-state index is 8.78. The second-order valence-corrected chi connectivity index (χ2v) is 3.35. The molecule has 0 aromatic heterocycles. The molecule has 3 heteroatoms. The van der Waals surface area contributed by atoms with Gasteiger partial charge < -0.3 is 15.7 Å². The standard InChI is InChI=1S/C11H18N2O/c1-13(8-9-14)11-4-2-10(3-5-11)6-7-12/h2-5,14H,6-9,12H2,1H3. The molecule has 0 atom stereocenters. The van der Waals surface area contributed by atoms with Crippen LogP contribution in [0.15, 0.2) is 24.3 Å². The van der Waals surface area contributed by atoms with Crippen LogP contribution in [0.4, 0.5) is 5.69 Å². The summed E-state index contributed by atoms with van der Waals surface area (Å²) in [5.41, 5.74) is 7.85. The van der Waals surface area contributed by atoms with Crippen molar-refractivity contribution in [3.63, 3.8) is 0 Å². The Balaban J connectivity index is 2.62. The van der Waals surface area contributed by atoms with E-state index in [-0.39, 0.29) is 6.61 Å². The quantitative estimate of drug-likeness (QED) is 0.722. The molecule has 3 nitrogen and oxygen atoms in total. The molecule has 0 fully saturated rings. The molecule has 0 spiro atoms. The molecule has 0 heterocycles. The first-order valence-corrected chi connectivity index (χ1v) is 4.89. The molecule has 0 bridgehead atoms. The second-order valence-electron chi connectivity index (χ2n) is 3.35. The van der Waals surface area contributed by atoms with Gasteiger partial charge in [-0.15, -0.1) is 0 Å². The Morgan fingerprint density at radius 3 is 2.43 bits per heavy atom. The van der Waals surface area contributed by atoms with Crippen LogP contribution in [0, 0.1) is 0 Å². The summed E-state index contributed by atoms with van der Waals surface area (Å²) in [5, 5.41) is 8.78. The van der Waals surface area contributed by atoms with Gasteiger partial charge in [0.05, 0.1) is 6.61 Å². The molecule has 0 aliphatic carbocycles. The zero-order valence-corrected chi connectivity index (χ0v) is 8.61. The summed E-state index contributed by atoms with van der Waals surface area (Å²) in [4.78, 5) is 2.02. The van der Waals surface area contributed by atoms with E-state index in [1.807, 2.05) is 11.9 Å². The molecule has 1 aromatic rings. The summed E-state index contributed by atoms with van der Waals surface area (Å²) >= 11 is 0. The van der Waals surface area contributed by atoms with Gasteiger partial charge in [-0.1, -0.05) is 12.1 Å². The highest BCUT2D eigenvalue weighted by Gasteiger charge is 1.99. The highest BCUT2D eigenvalue weighted by molar-refractivity contribution is 5.46. The summed E-state index contributed by atoms with van der Waals surface area (Å²) in [7, 11) is 1.97. The van der Waals surface area contributed by atoms with Crippen molar-refractivity contribution in [2.75, 3.05) is 31.6 Å².